The monoisotopic (exact) mass is 385 g/mol. The van der Waals surface area contributed by atoms with Gasteiger partial charge in [0.25, 0.3) is 0 Å². The Morgan fingerprint density at radius 2 is 1.93 bits per heavy atom. The number of carbonyl (C=O) groups is 2. The maximum absolute atomic E-state index is 13.1. The van der Waals surface area contributed by atoms with Crippen LogP contribution in [-0.2, 0) is 14.3 Å². The molecular formula is C22H27NO3S. The van der Waals surface area contributed by atoms with E-state index in [0.717, 1.165) is 28.3 Å². The van der Waals surface area contributed by atoms with Crippen LogP contribution in [0, 0.1) is 11.3 Å². The Kier molecular flexibility index (Phi) is 5.61. The Morgan fingerprint density at radius 1 is 1.26 bits per heavy atom. The average molecular weight is 386 g/mol. The molecule has 0 saturated carbocycles. The summed E-state index contributed by atoms with van der Waals surface area (Å²) in [6.45, 7) is 8.18. The van der Waals surface area contributed by atoms with Gasteiger partial charge >= 0.3 is 5.97 Å². The Morgan fingerprint density at radius 3 is 2.52 bits per heavy atom. The molecule has 2 aliphatic rings. The van der Waals surface area contributed by atoms with E-state index < -0.39 is 5.92 Å². The number of ketones is 1. The summed E-state index contributed by atoms with van der Waals surface area (Å²) in [6, 6.07) is 8.14. The number of nitrogens with zero attached hydrogens (tertiary/aromatic N) is 1. The van der Waals surface area contributed by atoms with Gasteiger partial charge in [-0.15, -0.1) is 11.8 Å². The lowest BCUT2D eigenvalue weighted by molar-refractivity contribution is -0.146. The summed E-state index contributed by atoms with van der Waals surface area (Å²) in [4.78, 5) is 31.7. The molecule has 0 amide bonds. The zero-order chi connectivity index (χ0) is 19.8. The van der Waals surface area contributed by atoms with Crippen LogP contribution < -0.4 is 0 Å². The number of hydrogen-bond donors (Lipinski definition) is 0. The lowest BCUT2D eigenvalue weighted by Crippen LogP contribution is -2.39. The molecule has 1 aromatic carbocycles. The SMILES string of the molecule is CCOC(=O)C1C(C)=NC2=C(C(=O)CC(C)(C)C2)[C@H]1c1ccc(SC)cc1. The average Bonchev–Trinajstić information content (AvgIpc) is 2.59. The number of rotatable bonds is 4. The lowest BCUT2D eigenvalue weighted by atomic mass is 9.67. The van der Waals surface area contributed by atoms with E-state index in [2.05, 4.69) is 13.8 Å². The fourth-order valence-corrected chi connectivity index (χ4v) is 4.56. The highest BCUT2D eigenvalue weighted by molar-refractivity contribution is 7.98. The second-order valence-corrected chi connectivity index (χ2v) is 8.91. The van der Waals surface area contributed by atoms with Crippen molar-refractivity contribution in [3.05, 3.63) is 41.1 Å². The minimum absolute atomic E-state index is 0.103. The minimum Gasteiger partial charge on any atom is -0.465 e. The third-order valence-corrected chi connectivity index (χ3v) is 6.06. The van der Waals surface area contributed by atoms with Gasteiger partial charge < -0.3 is 4.74 Å². The molecule has 1 aliphatic heterocycles. The maximum atomic E-state index is 13.1. The van der Waals surface area contributed by atoms with E-state index in [1.807, 2.05) is 37.4 Å². The molecule has 0 radical (unpaired) electrons. The smallest absolute Gasteiger partial charge is 0.315 e. The molecule has 1 aromatic rings. The van der Waals surface area contributed by atoms with Gasteiger partial charge in [0.1, 0.15) is 5.92 Å². The Labute approximate surface area is 165 Å². The number of hydrogen-bond acceptors (Lipinski definition) is 5. The van der Waals surface area contributed by atoms with Crippen LogP contribution in [-0.4, -0.2) is 30.3 Å². The molecule has 27 heavy (non-hydrogen) atoms. The summed E-state index contributed by atoms with van der Waals surface area (Å²) in [5.74, 6) is -1.07. The van der Waals surface area contributed by atoms with Crippen molar-refractivity contribution >= 4 is 29.2 Å². The van der Waals surface area contributed by atoms with Crippen molar-refractivity contribution in [1.82, 2.24) is 0 Å². The molecule has 2 atom stereocenters. The van der Waals surface area contributed by atoms with Gasteiger partial charge in [-0.1, -0.05) is 26.0 Å². The van der Waals surface area contributed by atoms with E-state index in [0.29, 0.717) is 18.6 Å². The van der Waals surface area contributed by atoms with Gasteiger partial charge in [0.2, 0.25) is 0 Å². The Hall–Kier alpha value is -1.88. The largest absolute Gasteiger partial charge is 0.465 e. The molecule has 1 aliphatic carbocycles. The summed E-state index contributed by atoms with van der Waals surface area (Å²) in [5, 5.41) is 0. The second-order valence-electron chi connectivity index (χ2n) is 8.04. The van der Waals surface area contributed by atoms with Crippen molar-refractivity contribution in [2.45, 2.75) is 51.3 Å². The van der Waals surface area contributed by atoms with Crippen molar-refractivity contribution in [3.63, 3.8) is 0 Å². The van der Waals surface area contributed by atoms with Crippen LogP contribution >= 0.6 is 11.8 Å². The first-order valence-electron chi connectivity index (χ1n) is 9.39. The van der Waals surface area contributed by atoms with Crippen LogP contribution in [0.25, 0.3) is 0 Å². The van der Waals surface area contributed by atoms with Crippen LogP contribution in [0.15, 0.2) is 45.4 Å². The molecule has 0 fully saturated rings. The molecule has 0 saturated heterocycles. The summed E-state index contributed by atoms with van der Waals surface area (Å²) in [5.41, 5.74) is 3.14. The standard InChI is InChI=1S/C22H27NO3S/c1-6-26-21(25)18-13(2)23-16-11-22(3,4)12-17(24)20(16)19(18)14-7-9-15(27-5)10-8-14/h7-10,18-19H,6,11-12H2,1-5H3/t18?,19-/m0/s1. The van der Waals surface area contributed by atoms with Crippen molar-refractivity contribution < 1.29 is 14.3 Å². The van der Waals surface area contributed by atoms with Crippen LogP contribution in [0.2, 0.25) is 0 Å². The zero-order valence-electron chi connectivity index (χ0n) is 16.7. The van der Waals surface area contributed by atoms with Crippen LogP contribution in [0.5, 0.6) is 0 Å². The fraction of sp³-hybridized carbons (Fsp3) is 0.500. The molecule has 0 spiro atoms. The van der Waals surface area contributed by atoms with E-state index >= 15 is 0 Å². The highest BCUT2D eigenvalue weighted by Gasteiger charge is 2.45. The minimum atomic E-state index is -0.547. The van der Waals surface area contributed by atoms with Crippen molar-refractivity contribution in [3.8, 4) is 0 Å². The van der Waals surface area contributed by atoms with Crippen molar-refractivity contribution in [1.29, 1.82) is 0 Å². The topological polar surface area (TPSA) is 55.7 Å². The molecule has 1 heterocycles. The molecule has 0 N–H and O–H groups in total. The Bertz CT molecular complexity index is 820. The number of ether oxygens (including phenoxy) is 1. The van der Waals surface area contributed by atoms with Gasteiger partial charge in [-0.25, -0.2) is 0 Å². The van der Waals surface area contributed by atoms with Crippen LogP contribution in [0.3, 0.4) is 0 Å². The van der Waals surface area contributed by atoms with Gasteiger partial charge in [0.15, 0.2) is 5.78 Å². The highest BCUT2D eigenvalue weighted by Crippen LogP contribution is 2.48. The predicted octanol–water partition coefficient (Wildman–Crippen LogP) is 4.79. The first kappa shape index (κ1) is 19.9. The summed E-state index contributed by atoms with van der Waals surface area (Å²) in [6.07, 6.45) is 3.26. The first-order valence-corrected chi connectivity index (χ1v) is 10.6. The number of aliphatic imine (C=N–C) groups is 1. The summed E-state index contributed by atoms with van der Waals surface area (Å²) in [7, 11) is 0. The molecule has 3 rings (SSSR count). The number of esters is 1. The van der Waals surface area contributed by atoms with E-state index in [-0.39, 0.29) is 23.1 Å². The van der Waals surface area contributed by atoms with Crippen molar-refractivity contribution in [2.24, 2.45) is 16.3 Å². The third-order valence-electron chi connectivity index (χ3n) is 5.32. The highest BCUT2D eigenvalue weighted by atomic mass is 32.2. The van der Waals surface area contributed by atoms with Gasteiger partial charge in [-0.05, 0) is 49.6 Å². The lowest BCUT2D eigenvalue weighted by Gasteiger charge is -2.39. The first-order chi connectivity index (χ1) is 12.8. The van der Waals surface area contributed by atoms with Crippen LogP contribution in [0.4, 0.5) is 0 Å². The van der Waals surface area contributed by atoms with E-state index in [9.17, 15) is 9.59 Å². The predicted molar refractivity (Wildman–Crippen MR) is 109 cm³/mol. The van der Waals surface area contributed by atoms with E-state index in [4.69, 9.17) is 9.73 Å². The zero-order valence-corrected chi connectivity index (χ0v) is 17.5. The molecule has 1 unspecified atom stereocenters. The maximum Gasteiger partial charge on any atom is 0.315 e. The van der Waals surface area contributed by atoms with Gasteiger partial charge in [-0.3, -0.25) is 14.6 Å². The molecule has 0 bridgehead atoms. The van der Waals surface area contributed by atoms with Gasteiger partial charge in [0.05, 0.1) is 6.61 Å². The van der Waals surface area contributed by atoms with Gasteiger partial charge in [0, 0.05) is 34.2 Å². The number of thioether (sulfide) groups is 1. The summed E-state index contributed by atoms with van der Waals surface area (Å²) >= 11 is 1.67. The molecule has 144 valence electrons. The summed E-state index contributed by atoms with van der Waals surface area (Å²) < 4.78 is 5.35. The number of Topliss-reactive ketones (excluding diaryl/α,β-unsaturated/α-hetero) is 1. The molecular weight excluding hydrogens is 358 g/mol. The number of allylic oxidation sites excluding steroid dienone is 2. The quantitative estimate of drug-likeness (QED) is 0.552. The third kappa shape index (κ3) is 3.88. The van der Waals surface area contributed by atoms with Gasteiger partial charge in [-0.2, -0.15) is 0 Å². The number of benzene rings is 1. The van der Waals surface area contributed by atoms with E-state index in [1.54, 1.807) is 18.7 Å². The number of carbonyl (C=O) groups excluding carboxylic acids is 2. The Balaban J connectivity index is 2.14. The fourth-order valence-electron chi connectivity index (χ4n) is 4.15. The second kappa shape index (κ2) is 7.63. The van der Waals surface area contributed by atoms with E-state index in [1.165, 1.54) is 0 Å². The molecule has 5 heteroatoms. The normalized spacial score (nSPS) is 24.3. The van der Waals surface area contributed by atoms with Crippen molar-refractivity contribution in [2.75, 3.05) is 12.9 Å². The van der Waals surface area contributed by atoms with Crippen LogP contribution in [0.1, 0.15) is 52.0 Å². The molecule has 0 aromatic heterocycles. The molecule has 4 nitrogen and oxygen atoms in total.